The lowest BCUT2D eigenvalue weighted by Crippen LogP contribution is -2.50. The Labute approximate surface area is 182 Å². The molecule has 28 heavy (non-hydrogen) atoms. The number of carbonyl (C=O) groups is 1. The summed E-state index contributed by atoms with van der Waals surface area (Å²) in [6.45, 7) is 2.59. The molecule has 0 spiro atoms. The van der Waals surface area contributed by atoms with E-state index in [1.807, 2.05) is 18.2 Å². The first kappa shape index (κ1) is 15.1. The molecule has 0 N–H and O–H groups in total. The van der Waals surface area contributed by atoms with E-state index in [-0.39, 0.29) is 60.1 Å². The van der Waals surface area contributed by atoms with E-state index in [0.717, 1.165) is 58.2 Å². The van der Waals surface area contributed by atoms with Gasteiger partial charge in [0.05, 0.1) is 6.85 Å². The van der Waals surface area contributed by atoms with Gasteiger partial charge in [0.15, 0.2) is 0 Å². The van der Waals surface area contributed by atoms with Crippen LogP contribution in [0.1, 0.15) is 44.5 Å². The Morgan fingerprint density at radius 1 is 1.04 bits per heavy atom. The van der Waals surface area contributed by atoms with Crippen molar-refractivity contribution < 1.29 is 11.6 Å². The highest BCUT2D eigenvalue weighted by Crippen LogP contribution is 2.33. The van der Waals surface area contributed by atoms with E-state index in [1.165, 1.54) is 5.56 Å². The minimum Gasteiger partial charge on any atom is -0.309 e. The monoisotopic (exact) mass is 403 g/mol. The minimum atomic E-state index is -0.421. The zero-order chi connectivity index (χ0) is 22.8. The summed E-state index contributed by atoms with van der Waals surface area (Å²) in [5.41, 5.74) is 1.35. The van der Waals surface area contributed by atoms with E-state index in [1.54, 1.807) is 4.90 Å². The van der Waals surface area contributed by atoms with Crippen LogP contribution < -0.4 is 4.90 Å². The highest BCUT2D eigenvalue weighted by Gasteiger charge is 2.35. The number of amides is 1. The number of carbonyl (C=O) groups excluding carboxylic acids is 1. The Balaban J connectivity index is 0.00000306. The van der Waals surface area contributed by atoms with Crippen molar-refractivity contribution in [2.45, 2.75) is 44.6 Å². The van der Waals surface area contributed by atoms with Crippen molar-refractivity contribution in [1.82, 2.24) is 4.90 Å². The minimum absolute atomic E-state index is 0. The van der Waals surface area contributed by atoms with Crippen LogP contribution >= 0.6 is 12.4 Å². The van der Waals surface area contributed by atoms with Crippen LogP contribution in [0.4, 0.5) is 5.69 Å². The lowest BCUT2D eigenvalue weighted by molar-refractivity contribution is -0.125. The van der Waals surface area contributed by atoms with Crippen molar-refractivity contribution in [2.75, 3.05) is 24.5 Å². The first-order valence-electron chi connectivity index (χ1n) is 12.5. The van der Waals surface area contributed by atoms with Gasteiger partial charge in [0.2, 0.25) is 5.91 Å². The number of benzene rings is 2. The Morgan fingerprint density at radius 2 is 1.71 bits per heavy atom. The van der Waals surface area contributed by atoms with Crippen molar-refractivity contribution in [3.05, 3.63) is 66.1 Å². The maximum absolute atomic E-state index is 13.4. The maximum Gasteiger partial charge on any atom is 0.230 e. The first-order chi connectivity index (χ1) is 15.4. The van der Waals surface area contributed by atoms with Gasteiger partial charge in [0.25, 0.3) is 0 Å². The largest absolute Gasteiger partial charge is 0.309 e. The van der Waals surface area contributed by atoms with Gasteiger partial charge < -0.3 is 9.80 Å². The molecule has 3 nitrogen and oxygen atoms in total. The Morgan fingerprint density at radius 3 is 2.32 bits per heavy atom. The molecule has 1 saturated heterocycles. The molecule has 0 aromatic heterocycles. The Bertz CT molecular complexity index is 950. The zero-order valence-corrected chi connectivity index (χ0v) is 16.9. The van der Waals surface area contributed by atoms with Crippen molar-refractivity contribution in [3.8, 4) is 0 Å². The van der Waals surface area contributed by atoms with Crippen LogP contribution in [0, 0.1) is 5.92 Å². The number of likely N-dealkylation sites (tertiary alicyclic amines) is 1. The fourth-order valence-corrected chi connectivity index (χ4v) is 4.02. The number of halogens is 1. The van der Waals surface area contributed by atoms with Crippen LogP contribution in [-0.2, 0) is 11.2 Å². The third-order valence-corrected chi connectivity index (χ3v) is 5.90. The van der Waals surface area contributed by atoms with Gasteiger partial charge >= 0.3 is 0 Å². The molecule has 1 heterocycles. The van der Waals surface area contributed by atoms with Crippen LogP contribution in [0.15, 0.2) is 60.5 Å². The van der Waals surface area contributed by atoms with Crippen molar-refractivity contribution in [3.63, 3.8) is 0 Å². The second kappa shape index (κ2) is 10.1. The van der Waals surface area contributed by atoms with E-state index in [4.69, 9.17) is 6.85 Å². The van der Waals surface area contributed by atoms with E-state index >= 15 is 0 Å². The van der Waals surface area contributed by atoms with E-state index in [0.29, 0.717) is 0 Å². The maximum atomic E-state index is 13.4. The molecule has 150 valence electrons. The third kappa shape index (κ3) is 4.95. The van der Waals surface area contributed by atoms with Gasteiger partial charge in [-0.05, 0) is 49.8 Å². The van der Waals surface area contributed by atoms with Gasteiger partial charge in [0, 0.05) is 37.3 Å². The average molecular weight is 404 g/mol. The second-order valence-electron chi connectivity index (χ2n) is 7.62. The van der Waals surface area contributed by atoms with Crippen molar-refractivity contribution >= 4 is 24.0 Å². The lowest BCUT2D eigenvalue weighted by atomic mass is 9.83. The summed E-state index contributed by atoms with van der Waals surface area (Å²) in [5, 5.41) is 0. The van der Waals surface area contributed by atoms with E-state index < -0.39 is 6.04 Å². The van der Waals surface area contributed by atoms with Gasteiger partial charge in [-0.25, -0.2) is 0 Å². The summed E-state index contributed by atoms with van der Waals surface area (Å²) < 4.78 is 40.9. The smallest absolute Gasteiger partial charge is 0.230 e. The summed E-state index contributed by atoms with van der Waals surface area (Å²) in [6, 6.07) is 8.47. The summed E-state index contributed by atoms with van der Waals surface area (Å²) in [4.78, 5) is 17.4. The van der Waals surface area contributed by atoms with Crippen molar-refractivity contribution in [1.29, 1.82) is 0 Å². The molecule has 1 aliphatic carbocycles. The van der Waals surface area contributed by atoms with Crippen molar-refractivity contribution in [2.24, 2.45) is 5.92 Å². The molecule has 0 bridgehead atoms. The fraction of sp³-hybridized carbons (Fsp3) is 0.458. The molecule has 1 saturated carbocycles. The number of rotatable bonds is 6. The zero-order valence-electron chi connectivity index (χ0n) is 21.1. The third-order valence-electron chi connectivity index (χ3n) is 5.90. The van der Waals surface area contributed by atoms with E-state index in [9.17, 15) is 4.79 Å². The number of para-hydroxylation sites is 1. The lowest BCUT2D eigenvalue weighted by Gasteiger charge is -2.41. The molecule has 1 amide bonds. The Hall–Kier alpha value is -1.84. The average Bonchev–Trinajstić information content (AvgIpc) is 2.78. The van der Waals surface area contributed by atoms with Crippen LogP contribution in [0.2, 0.25) is 0 Å². The molecule has 1 aliphatic heterocycles. The summed E-state index contributed by atoms with van der Waals surface area (Å²) in [6.07, 6.45) is 5.06. The van der Waals surface area contributed by atoms with Gasteiger partial charge in [-0.3, -0.25) is 4.79 Å². The second-order valence-corrected chi connectivity index (χ2v) is 7.62. The predicted octanol–water partition coefficient (Wildman–Crippen LogP) is 4.95. The van der Waals surface area contributed by atoms with Crippen LogP contribution in [0.25, 0.3) is 0 Å². The van der Waals surface area contributed by atoms with E-state index in [2.05, 4.69) is 17.0 Å². The Kier molecular flexibility index (Phi) is 5.42. The SMILES string of the molecule is Cl.[2H]c1c([2H])c([2H])c(N(C(=O)C2CCC2)C2CCN(CCc3ccccc3)CC2)c([2H])c1[2H]. The van der Waals surface area contributed by atoms with Crippen LogP contribution in [0.3, 0.4) is 0 Å². The number of hydrogen-bond acceptors (Lipinski definition) is 2. The molecule has 0 radical (unpaired) electrons. The molecular formula is C24H31ClN2O. The fourth-order valence-electron chi connectivity index (χ4n) is 4.02. The normalized spacial score (nSPS) is 20.6. The van der Waals surface area contributed by atoms with Gasteiger partial charge in [-0.1, -0.05) is 54.9 Å². The highest BCUT2D eigenvalue weighted by molar-refractivity contribution is 5.96. The summed E-state index contributed by atoms with van der Waals surface area (Å²) in [5.74, 6) is -0.193. The standard InChI is InChI=1S/C24H30N2O.ClH/c27-24(21-10-7-11-21)26(22-12-5-2-6-13-22)23-15-18-25(19-16-23)17-14-20-8-3-1-4-9-20;/h1-6,8-9,12-13,21,23H,7,10-11,14-19H2;1H/i2D,5D,6D,12D,13D;. The predicted molar refractivity (Wildman–Crippen MR) is 118 cm³/mol. The molecule has 4 rings (SSSR count). The van der Waals surface area contributed by atoms with Gasteiger partial charge in [0.1, 0.15) is 0 Å². The van der Waals surface area contributed by atoms with Crippen LogP contribution in [0.5, 0.6) is 0 Å². The number of piperidine rings is 1. The van der Waals surface area contributed by atoms with Gasteiger partial charge in [-0.15, -0.1) is 12.4 Å². The quantitative estimate of drug-likeness (QED) is 0.681. The molecular weight excluding hydrogens is 368 g/mol. The number of hydrogen-bond donors (Lipinski definition) is 0. The van der Waals surface area contributed by atoms with Gasteiger partial charge in [-0.2, -0.15) is 0 Å². The molecule has 4 heteroatoms. The number of nitrogens with zero attached hydrogens (tertiary/aromatic N) is 2. The molecule has 0 unspecified atom stereocenters. The molecule has 2 aliphatic rings. The van der Waals surface area contributed by atoms with Crippen LogP contribution in [-0.4, -0.2) is 36.5 Å². The highest BCUT2D eigenvalue weighted by atomic mass is 35.5. The summed E-state index contributed by atoms with van der Waals surface area (Å²) >= 11 is 0. The molecule has 2 aromatic rings. The molecule has 2 fully saturated rings. The topological polar surface area (TPSA) is 23.6 Å². The molecule has 0 atom stereocenters. The summed E-state index contributed by atoms with van der Waals surface area (Å²) in [7, 11) is 0. The molecule has 2 aromatic carbocycles. The first-order valence-corrected chi connectivity index (χ1v) is 10.0. The number of anilines is 1.